The van der Waals surface area contributed by atoms with Gasteiger partial charge in [0.25, 0.3) is 5.91 Å². The lowest BCUT2D eigenvalue weighted by Crippen LogP contribution is -2.55. The number of carbonyl (C=O) groups excluding carboxylic acids is 3. The van der Waals surface area contributed by atoms with Gasteiger partial charge in [0.1, 0.15) is 6.04 Å². The van der Waals surface area contributed by atoms with E-state index >= 15 is 0 Å². The molecule has 2 fully saturated rings. The van der Waals surface area contributed by atoms with Crippen LogP contribution in [-0.4, -0.2) is 71.2 Å². The molecule has 3 amide bonds. The van der Waals surface area contributed by atoms with E-state index in [-0.39, 0.29) is 43.6 Å². The molecule has 2 heterocycles. The van der Waals surface area contributed by atoms with Crippen LogP contribution in [0.25, 0.3) is 0 Å². The summed E-state index contributed by atoms with van der Waals surface area (Å²) >= 11 is 0. The molecule has 1 aromatic carbocycles. The van der Waals surface area contributed by atoms with E-state index in [9.17, 15) is 27.6 Å². The number of alkyl halides is 3. The Balaban J connectivity index is 1.65. The van der Waals surface area contributed by atoms with E-state index in [0.29, 0.717) is 13.0 Å². The van der Waals surface area contributed by atoms with Crippen LogP contribution in [0.3, 0.4) is 0 Å². The summed E-state index contributed by atoms with van der Waals surface area (Å²) in [6.45, 7) is 2.77. The van der Waals surface area contributed by atoms with Crippen LogP contribution in [0.2, 0.25) is 0 Å². The highest BCUT2D eigenvalue weighted by Gasteiger charge is 2.38. The summed E-state index contributed by atoms with van der Waals surface area (Å²) in [7, 11) is 0. The van der Waals surface area contributed by atoms with Gasteiger partial charge >= 0.3 is 6.18 Å². The molecule has 152 valence electrons. The highest BCUT2D eigenvalue weighted by molar-refractivity contribution is 5.96. The lowest BCUT2D eigenvalue weighted by Gasteiger charge is -2.37. The molecule has 0 bridgehead atoms. The van der Waals surface area contributed by atoms with E-state index in [1.807, 2.05) is 0 Å². The van der Waals surface area contributed by atoms with Crippen LogP contribution in [0, 0.1) is 0 Å². The highest BCUT2D eigenvalue weighted by atomic mass is 19.4. The number of rotatable bonds is 2. The molecule has 0 radical (unpaired) electrons. The summed E-state index contributed by atoms with van der Waals surface area (Å²) in [6.07, 6.45) is -3.23. The van der Waals surface area contributed by atoms with E-state index < -0.39 is 23.7 Å². The van der Waals surface area contributed by atoms with Crippen LogP contribution in [0.15, 0.2) is 24.3 Å². The second-order valence-corrected chi connectivity index (χ2v) is 7.03. The van der Waals surface area contributed by atoms with Gasteiger partial charge in [0.2, 0.25) is 11.8 Å². The first-order valence-corrected chi connectivity index (χ1v) is 9.21. The van der Waals surface area contributed by atoms with Gasteiger partial charge in [-0.25, -0.2) is 0 Å². The van der Waals surface area contributed by atoms with Crippen LogP contribution in [0.4, 0.5) is 13.2 Å². The number of likely N-dealkylation sites (tertiary alicyclic amines) is 1. The maximum absolute atomic E-state index is 13.2. The Labute approximate surface area is 160 Å². The van der Waals surface area contributed by atoms with Crippen LogP contribution >= 0.6 is 0 Å². The number of hydrogen-bond acceptors (Lipinski definition) is 3. The second-order valence-electron chi connectivity index (χ2n) is 7.03. The maximum atomic E-state index is 13.2. The van der Waals surface area contributed by atoms with Crippen molar-refractivity contribution in [3.8, 4) is 0 Å². The van der Waals surface area contributed by atoms with Crippen LogP contribution in [-0.2, 0) is 15.8 Å². The SMILES string of the molecule is CC(=O)N1CCC[C@@H]1C(=O)N1CCN(C(=O)c2ccccc2C(F)(F)F)CC1. The third kappa shape index (κ3) is 3.98. The fourth-order valence-electron chi connectivity index (χ4n) is 3.83. The van der Waals surface area contributed by atoms with Gasteiger partial charge in [-0.2, -0.15) is 13.2 Å². The molecule has 0 aromatic heterocycles. The number of hydrogen-bond donors (Lipinski definition) is 0. The maximum Gasteiger partial charge on any atom is 0.417 e. The van der Waals surface area contributed by atoms with Gasteiger partial charge in [-0.05, 0) is 25.0 Å². The van der Waals surface area contributed by atoms with Crippen LogP contribution < -0.4 is 0 Å². The van der Waals surface area contributed by atoms with Crippen molar-refractivity contribution in [1.82, 2.24) is 14.7 Å². The summed E-state index contributed by atoms with van der Waals surface area (Å²) < 4.78 is 39.5. The predicted octanol–water partition coefficient (Wildman–Crippen LogP) is 2.00. The van der Waals surface area contributed by atoms with Crippen molar-refractivity contribution < 1.29 is 27.6 Å². The predicted molar refractivity (Wildman–Crippen MR) is 94.3 cm³/mol. The molecule has 2 aliphatic heterocycles. The average molecular weight is 397 g/mol. The number of amides is 3. The van der Waals surface area contributed by atoms with Gasteiger partial charge in [0.05, 0.1) is 11.1 Å². The minimum Gasteiger partial charge on any atom is -0.337 e. The quantitative estimate of drug-likeness (QED) is 0.767. The molecule has 3 rings (SSSR count). The number of piperazine rings is 1. The van der Waals surface area contributed by atoms with Gasteiger partial charge in [0, 0.05) is 39.6 Å². The van der Waals surface area contributed by atoms with Gasteiger partial charge in [0.15, 0.2) is 0 Å². The summed E-state index contributed by atoms with van der Waals surface area (Å²) in [5, 5.41) is 0. The van der Waals surface area contributed by atoms with E-state index in [2.05, 4.69) is 0 Å². The lowest BCUT2D eigenvalue weighted by molar-refractivity contribution is -0.143. The van der Waals surface area contributed by atoms with Gasteiger partial charge < -0.3 is 14.7 Å². The standard InChI is InChI=1S/C19H22F3N3O3/c1-13(26)25-8-4-7-16(25)18(28)24-11-9-23(10-12-24)17(27)14-5-2-3-6-15(14)19(20,21)22/h2-3,5-6,16H,4,7-12H2,1H3/t16-/m1/s1. The molecule has 0 saturated carbocycles. The van der Waals surface area contributed by atoms with E-state index in [1.165, 1.54) is 30.0 Å². The number of carbonyl (C=O) groups is 3. The average Bonchev–Trinajstić information content (AvgIpc) is 3.16. The van der Waals surface area contributed by atoms with Gasteiger partial charge in [-0.3, -0.25) is 14.4 Å². The minimum atomic E-state index is -4.61. The monoisotopic (exact) mass is 397 g/mol. The fraction of sp³-hybridized carbons (Fsp3) is 0.526. The number of halogens is 3. The Bertz CT molecular complexity index is 773. The van der Waals surface area contributed by atoms with Crippen molar-refractivity contribution in [1.29, 1.82) is 0 Å². The Hall–Kier alpha value is -2.58. The van der Waals surface area contributed by atoms with Crippen LogP contribution in [0.5, 0.6) is 0 Å². The number of nitrogens with zero attached hydrogens (tertiary/aromatic N) is 3. The van der Waals surface area contributed by atoms with E-state index in [1.54, 1.807) is 9.80 Å². The van der Waals surface area contributed by atoms with Crippen molar-refractivity contribution >= 4 is 17.7 Å². The summed E-state index contributed by atoms with van der Waals surface area (Å²) in [4.78, 5) is 41.5. The third-order valence-corrected chi connectivity index (χ3v) is 5.28. The highest BCUT2D eigenvalue weighted by Crippen LogP contribution is 2.32. The molecule has 0 aliphatic carbocycles. The Morgan fingerprint density at radius 2 is 1.57 bits per heavy atom. The minimum absolute atomic E-state index is 0.145. The van der Waals surface area contributed by atoms with Crippen molar-refractivity contribution in [2.45, 2.75) is 32.0 Å². The molecular weight excluding hydrogens is 375 g/mol. The van der Waals surface area contributed by atoms with Crippen molar-refractivity contribution in [3.05, 3.63) is 35.4 Å². The fourth-order valence-corrected chi connectivity index (χ4v) is 3.83. The first kappa shape index (κ1) is 20.2. The Morgan fingerprint density at radius 1 is 0.964 bits per heavy atom. The van der Waals surface area contributed by atoms with Crippen molar-refractivity contribution in [3.63, 3.8) is 0 Å². The topological polar surface area (TPSA) is 60.9 Å². The number of benzene rings is 1. The summed E-state index contributed by atoms with van der Waals surface area (Å²) in [5.74, 6) is -0.991. The zero-order chi connectivity index (χ0) is 20.5. The second kappa shape index (κ2) is 7.81. The molecule has 1 atom stereocenters. The lowest BCUT2D eigenvalue weighted by atomic mass is 10.1. The molecule has 0 unspecified atom stereocenters. The largest absolute Gasteiger partial charge is 0.417 e. The molecule has 9 heteroatoms. The molecular formula is C19H22F3N3O3. The molecule has 1 aromatic rings. The molecule has 2 aliphatic rings. The smallest absolute Gasteiger partial charge is 0.337 e. The summed E-state index contributed by atoms with van der Waals surface area (Å²) in [6, 6.07) is 4.23. The van der Waals surface area contributed by atoms with Crippen molar-refractivity contribution in [2.75, 3.05) is 32.7 Å². The van der Waals surface area contributed by atoms with Crippen molar-refractivity contribution in [2.24, 2.45) is 0 Å². The molecule has 28 heavy (non-hydrogen) atoms. The Morgan fingerprint density at radius 3 is 2.18 bits per heavy atom. The first-order valence-electron chi connectivity index (χ1n) is 9.21. The zero-order valence-corrected chi connectivity index (χ0v) is 15.5. The van der Waals surface area contributed by atoms with Gasteiger partial charge in [-0.15, -0.1) is 0 Å². The Kier molecular flexibility index (Phi) is 5.62. The van der Waals surface area contributed by atoms with Crippen LogP contribution in [0.1, 0.15) is 35.7 Å². The van der Waals surface area contributed by atoms with Gasteiger partial charge in [-0.1, -0.05) is 12.1 Å². The first-order chi connectivity index (χ1) is 13.2. The third-order valence-electron chi connectivity index (χ3n) is 5.28. The molecule has 0 spiro atoms. The zero-order valence-electron chi connectivity index (χ0n) is 15.5. The molecule has 2 saturated heterocycles. The molecule has 0 N–H and O–H groups in total. The van der Waals surface area contributed by atoms with E-state index in [4.69, 9.17) is 0 Å². The van der Waals surface area contributed by atoms with E-state index in [0.717, 1.165) is 12.5 Å². The molecule has 6 nitrogen and oxygen atoms in total. The summed E-state index contributed by atoms with van der Waals surface area (Å²) in [5.41, 5.74) is -1.34. The normalized spacial score (nSPS) is 20.4.